The first-order valence-corrected chi connectivity index (χ1v) is 7.96. The minimum atomic E-state index is -2.73. The fourth-order valence-corrected chi connectivity index (χ4v) is 2.94. The molecule has 136 valence electrons. The van der Waals surface area contributed by atoms with Crippen molar-refractivity contribution in [3.63, 3.8) is 0 Å². The Morgan fingerprint density at radius 2 is 1.78 bits per heavy atom. The molecule has 0 aliphatic heterocycles. The number of anilines is 1. The highest BCUT2D eigenvalue weighted by atomic mass is 19.3. The highest BCUT2D eigenvalue weighted by Crippen LogP contribution is 2.36. The van der Waals surface area contributed by atoms with Crippen LogP contribution in [0.5, 0.6) is 0 Å². The van der Waals surface area contributed by atoms with Crippen LogP contribution in [0.15, 0.2) is 42.7 Å². The van der Waals surface area contributed by atoms with E-state index in [0.29, 0.717) is 33.7 Å². The standard InChI is InChI=1S/C18H13F3N6/c1-9-6-11(7-13(24-9)16(20)21)14-15(10-2-4-12(19)5-3-10)25-18(22)27-8-23-26-17(14)27/h2-8,16H,1H3,(H2,22,25). The molecule has 4 rings (SSSR count). The Morgan fingerprint density at radius 3 is 2.48 bits per heavy atom. The summed E-state index contributed by atoms with van der Waals surface area (Å²) in [6.45, 7) is 1.62. The summed E-state index contributed by atoms with van der Waals surface area (Å²) >= 11 is 0. The van der Waals surface area contributed by atoms with Crippen LogP contribution in [0.25, 0.3) is 28.0 Å². The van der Waals surface area contributed by atoms with Crippen molar-refractivity contribution in [1.82, 2.24) is 24.6 Å². The van der Waals surface area contributed by atoms with Crippen LogP contribution in [0.1, 0.15) is 17.8 Å². The van der Waals surface area contributed by atoms with E-state index < -0.39 is 12.2 Å². The molecule has 9 heteroatoms. The third-order valence-electron chi connectivity index (χ3n) is 4.08. The van der Waals surface area contributed by atoms with Crippen LogP contribution in [0, 0.1) is 12.7 Å². The fourth-order valence-electron chi connectivity index (χ4n) is 2.94. The molecule has 2 N–H and O–H groups in total. The number of hydrogen-bond donors (Lipinski definition) is 1. The Kier molecular flexibility index (Phi) is 3.98. The third kappa shape index (κ3) is 2.97. The largest absolute Gasteiger partial charge is 0.369 e. The summed E-state index contributed by atoms with van der Waals surface area (Å²) in [5, 5.41) is 7.92. The molecule has 0 bridgehead atoms. The van der Waals surface area contributed by atoms with Gasteiger partial charge in [0.05, 0.1) is 11.3 Å². The van der Waals surface area contributed by atoms with Gasteiger partial charge in [0.25, 0.3) is 6.43 Å². The lowest BCUT2D eigenvalue weighted by Gasteiger charge is -2.13. The number of benzene rings is 1. The monoisotopic (exact) mass is 370 g/mol. The second kappa shape index (κ2) is 6.35. The Labute approximate surface area is 151 Å². The van der Waals surface area contributed by atoms with Gasteiger partial charge in [0.2, 0.25) is 5.95 Å². The number of alkyl halides is 2. The number of nitrogens with two attached hydrogens (primary N) is 1. The van der Waals surface area contributed by atoms with Crippen molar-refractivity contribution in [2.45, 2.75) is 13.3 Å². The predicted molar refractivity (Wildman–Crippen MR) is 93.5 cm³/mol. The van der Waals surface area contributed by atoms with Crippen LogP contribution in [-0.2, 0) is 0 Å². The van der Waals surface area contributed by atoms with Gasteiger partial charge in [0, 0.05) is 11.3 Å². The van der Waals surface area contributed by atoms with Crippen LogP contribution in [-0.4, -0.2) is 24.6 Å². The van der Waals surface area contributed by atoms with E-state index in [-0.39, 0.29) is 11.6 Å². The Bertz CT molecular complexity index is 1140. The van der Waals surface area contributed by atoms with Gasteiger partial charge in [-0.2, -0.15) is 0 Å². The molecule has 0 saturated heterocycles. The number of pyridine rings is 1. The zero-order chi connectivity index (χ0) is 19.1. The number of nitrogen functional groups attached to an aromatic ring is 1. The zero-order valence-corrected chi connectivity index (χ0v) is 14.1. The quantitative estimate of drug-likeness (QED) is 0.593. The summed E-state index contributed by atoms with van der Waals surface area (Å²) < 4.78 is 41.3. The van der Waals surface area contributed by atoms with Crippen LogP contribution in [0.3, 0.4) is 0 Å². The molecular weight excluding hydrogens is 357 g/mol. The molecule has 0 unspecified atom stereocenters. The topological polar surface area (TPSA) is 82.0 Å². The van der Waals surface area contributed by atoms with Crippen molar-refractivity contribution in [3.8, 4) is 22.4 Å². The first kappa shape index (κ1) is 17.0. The Hall–Kier alpha value is -3.49. The third-order valence-corrected chi connectivity index (χ3v) is 4.08. The van der Waals surface area contributed by atoms with E-state index in [9.17, 15) is 13.2 Å². The molecule has 0 aliphatic rings. The maximum atomic E-state index is 13.3. The van der Waals surface area contributed by atoms with E-state index in [1.807, 2.05) is 0 Å². The highest BCUT2D eigenvalue weighted by molar-refractivity contribution is 5.90. The van der Waals surface area contributed by atoms with E-state index >= 15 is 0 Å². The summed E-state index contributed by atoms with van der Waals surface area (Å²) in [5.74, 6) is -0.283. The average molecular weight is 370 g/mol. The summed E-state index contributed by atoms with van der Waals surface area (Å²) in [7, 11) is 0. The van der Waals surface area contributed by atoms with Gasteiger partial charge < -0.3 is 5.73 Å². The molecular formula is C18H13F3N6. The fraction of sp³-hybridized carbons (Fsp3) is 0.111. The maximum absolute atomic E-state index is 13.3. The molecule has 0 spiro atoms. The molecule has 0 fully saturated rings. The van der Waals surface area contributed by atoms with Crippen molar-refractivity contribution in [2.24, 2.45) is 0 Å². The molecule has 27 heavy (non-hydrogen) atoms. The summed E-state index contributed by atoms with van der Waals surface area (Å²) in [6.07, 6.45) is -1.34. The normalized spacial score (nSPS) is 11.4. The van der Waals surface area contributed by atoms with Crippen molar-refractivity contribution < 1.29 is 13.2 Å². The van der Waals surface area contributed by atoms with Gasteiger partial charge in [-0.15, -0.1) is 10.2 Å². The summed E-state index contributed by atoms with van der Waals surface area (Å²) in [4.78, 5) is 8.25. The predicted octanol–water partition coefficient (Wildman–Crippen LogP) is 3.82. The zero-order valence-electron chi connectivity index (χ0n) is 14.1. The molecule has 0 radical (unpaired) electrons. The number of hydrogen-bond acceptors (Lipinski definition) is 5. The molecule has 1 aromatic carbocycles. The molecule has 3 aromatic heterocycles. The van der Waals surface area contributed by atoms with E-state index in [0.717, 1.165) is 0 Å². The number of aryl methyl sites for hydroxylation is 1. The van der Waals surface area contributed by atoms with Gasteiger partial charge in [0.15, 0.2) is 5.65 Å². The van der Waals surface area contributed by atoms with E-state index in [2.05, 4.69) is 20.2 Å². The first-order chi connectivity index (χ1) is 12.9. The average Bonchev–Trinajstić information content (AvgIpc) is 3.12. The smallest absolute Gasteiger partial charge is 0.280 e. The summed E-state index contributed by atoms with van der Waals surface area (Å²) in [6, 6.07) is 8.58. The second-order valence-corrected chi connectivity index (χ2v) is 5.95. The van der Waals surface area contributed by atoms with Crippen molar-refractivity contribution >= 4 is 11.6 Å². The molecule has 0 saturated carbocycles. The lowest BCUT2D eigenvalue weighted by atomic mass is 9.99. The number of aromatic nitrogens is 5. The van der Waals surface area contributed by atoms with Gasteiger partial charge in [-0.05, 0) is 48.9 Å². The van der Waals surface area contributed by atoms with Gasteiger partial charge in [-0.3, -0.25) is 9.38 Å². The lowest BCUT2D eigenvalue weighted by Crippen LogP contribution is -2.05. The number of halogens is 3. The molecule has 3 heterocycles. The maximum Gasteiger partial charge on any atom is 0.280 e. The van der Waals surface area contributed by atoms with Crippen LogP contribution in [0.2, 0.25) is 0 Å². The van der Waals surface area contributed by atoms with Crippen molar-refractivity contribution in [2.75, 3.05) is 5.73 Å². The Balaban J connectivity index is 2.07. The molecule has 0 atom stereocenters. The number of nitrogens with zero attached hydrogens (tertiary/aromatic N) is 5. The van der Waals surface area contributed by atoms with E-state index in [1.165, 1.54) is 41.1 Å². The van der Waals surface area contributed by atoms with Crippen molar-refractivity contribution in [3.05, 3.63) is 59.9 Å². The minimum Gasteiger partial charge on any atom is -0.369 e. The van der Waals surface area contributed by atoms with Crippen molar-refractivity contribution in [1.29, 1.82) is 0 Å². The van der Waals surface area contributed by atoms with Gasteiger partial charge in [-0.1, -0.05) is 0 Å². The van der Waals surface area contributed by atoms with Gasteiger partial charge in [0.1, 0.15) is 17.8 Å². The van der Waals surface area contributed by atoms with Crippen LogP contribution < -0.4 is 5.73 Å². The lowest BCUT2D eigenvalue weighted by molar-refractivity contribution is 0.146. The van der Waals surface area contributed by atoms with Gasteiger partial charge >= 0.3 is 0 Å². The highest BCUT2D eigenvalue weighted by Gasteiger charge is 2.20. The second-order valence-electron chi connectivity index (χ2n) is 5.95. The Morgan fingerprint density at radius 1 is 1.04 bits per heavy atom. The molecule has 6 nitrogen and oxygen atoms in total. The van der Waals surface area contributed by atoms with Crippen LogP contribution >= 0.6 is 0 Å². The van der Waals surface area contributed by atoms with Gasteiger partial charge in [-0.25, -0.2) is 18.2 Å². The SMILES string of the molecule is Cc1cc(-c2c(-c3ccc(F)cc3)nc(N)n3cnnc23)cc(C(F)F)n1. The molecule has 4 aromatic rings. The minimum absolute atomic E-state index is 0.123. The summed E-state index contributed by atoms with van der Waals surface area (Å²) in [5.41, 5.74) is 8.27. The number of fused-ring (bicyclic) bond motifs is 1. The first-order valence-electron chi connectivity index (χ1n) is 7.96. The number of rotatable bonds is 3. The molecule has 0 aliphatic carbocycles. The van der Waals surface area contributed by atoms with Crippen LogP contribution in [0.4, 0.5) is 19.1 Å². The molecule has 0 amide bonds. The van der Waals surface area contributed by atoms with E-state index in [4.69, 9.17) is 5.73 Å². The van der Waals surface area contributed by atoms with E-state index in [1.54, 1.807) is 13.0 Å².